The monoisotopic (exact) mass is 380 g/mol. The number of amides is 2. The number of ether oxygens (including phenoxy) is 1. The number of aryl methyl sites for hydroxylation is 2. The van der Waals surface area contributed by atoms with Gasteiger partial charge in [0.25, 0.3) is 5.91 Å². The van der Waals surface area contributed by atoms with Crippen molar-refractivity contribution in [2.45, 2.75) is 19.8 Å². The highest BCUT2D eigenvalue weighted by molar-refractivity contribution is 5.90. The molecule has 0 spiro atoms. The zero-order valence-electron chi connectivity index (χ0n) is 15.3. The third-order valence-corrected chi connectivity index (χ3v) is 3.85. The maximum Gasteiger partial charge on any atom is 0.255 e. The Morgan fingerprint density at radius 3 is 2.46 bits per heavy atom. The average molecular weight is 380 g/mol. The van der Waals surface area contributed by atoms with E-state index in [-0.39, 0.29) is 18.9 Å². The van der Waals surface area contributed by atoms with Crippen LogP contribution in [0.4, 0.5) is 5.69 Å². The molecule has 2 aromatic carbocycles. The summed E-state index contributed by atoms with van der Waals surface area (Å²) in [6.45, 7) is 1.81. The van der Waals surface area contributed by atoms with Crippen molar-refractivity contribution in [3.8, 4) is 17.2 Å². The topological polar surface area (TPSA) is 120 Å². The largest absolute Gasteiger partial charge is 0.484 e. The van der Waals surface area contributed by atoms with Gasteiger partial charge in [0.1, 0.15) is 5.75 Å². The van der Waals surface area contributed by atoms with Crippen LogP contribution in [0.3, 0.4) is 0 Å². The summed E-state index contributed by atoms with van der Waals surface area (Å²) in [5.74, 6) is 0.596. The fourth-order valence-electron chi connectivity index (χ4n) is 2.40. The minimum absolute atomic E-state index is 0.180. The molecule has 0 unspecified atom stereocenters. The zero-order chi connectivity index (χ0) is 19.9. The van der Waals surface area contributed by atoms with E-state index in [1.165, 1.54) is 0 Å². The minimum Gasteiger partial charge on any atom is -0.484 e. The van der Waals surface area contributed by atoms with Crippen LogP contribution in [-0.4, -0.2) is 28.6 Å². The molecule has 0 radical (unpaired) electrons. The lowest BCUT2D eigenvalue weighted by atomic mass is 10.1. The van der Waals surface area contributed by atoms with Crippen LogP contribution >= 0.6 is 0 Å². The summed E-state index contributed by atoms with van der Waals surface area (Å²) < 4.78 is 10.8. The molecule has 1 aromatic heterocycles. The Morgan fingerprint density at radius 2 is 1.79 bits per heavy atom. The van der Waals surface area contributed by atoms with Crippen molar-refractivity contribution in [2.24, 2.45) is 5.73 Å². The highest BCUT2D eigenvalue weighted by Gasteiger charge is 2.11. The first-order valence-electron chi connectivity index (χ1n) is 8.70. The van der Waals surface area contributed by atoms with Gasteiger partial charge < -0.3 is 20.2 Å². The molecule has 144 valence electrons. The fourth-order valence-corrected chi connectivity index (χ4v) is 2.40. The van der Waals surface area contributed by atoms with Crippen LogP contribution in [0.25, 0.3) is 11.5 Å². The van der Waals surface area contributed by atoms with Crippen LogP contribution in [0.1, 0.15) is 17.9 Å². The number of carbonyl (C=O) groups excluding carboxylic acids is 2. The highest BCUT2D eigenvalue weighted by Crippen LogP contribution is 2.19. The van der Waals surface area contributed by atoms with Crippen molar-refractivity contribution in [1.29, 1.82) is 0 Å². The lowest BCUT2D eigenvalue weighted by Crippen LogP contribution is -2.20. The number of hydrogen-bond donors (Lipinski definition) is 2. The van der Waals surface area contributed by atoms with Gasteiger partial charge in [0.05, 0.1) is 0 Å². The van der Waals surface area contributed by atoms with Gasteiger partial charge in [-0.3, -0.25) is 9.59 Å². The lowest BCUT2D eigenvalue weighted by molar-refractivity contribution is -0.120. The fraction of sp³-hybridized carbons (Fsp3) is 0.200. The van der Waals surface area contributed by atoms with E-state index in [9.17, 15) is 9.59 Å². The number of anilines is 1. The van der Waals surface area contributed by atoms with E-state index in [1.54, 1.807) is 24.3 Å². The molecule has 0 fully saturated rings. The van der Waals surface area contributed by atoms with Crippen molar-refractivity contribution >= 4 is 17.5 Å². The molecule has 8 nitrogen and oxygen atoms in total. The van der Waals surface area contributed by atoms with Crippen molar-refractivity contribution in [1.82, 2.24) is 10.2 Å². The molecule has 0 saturated carbocycles. The molecule has 0 bridgehead atoms. The number of benzene rings is 2. The number of hydrogen-bond acceptors (Lipinski definition) is 6. The third kappa shape index (κ3) is 5.41. The van der Waals surface area contributed by atoms with E-state index in [4.69, 9.17) is 14.9 Å². The first-order chi connectivity index (χ1) is 13.5. The normalized spacial score (nSPS) is 10.5. The molecular formula is C20H20N4O4. The van der Waals surface area contributed by atoms with E-state index in [1.807, 2.05) is 31.2 Å². The molecule has 8 heteroatoms. The van der Waals surface area contributed by atoms with Gasteiger partial charge in [-0.15, -0.1) is 10.2 Å². The summed E-state index contributed by atoms with van der Waals surface area (Å²) in [4.78, 5) is 22.8. The smallest absolute Gasteiger partial charge is 0.255 e. The first-order valence-corrected chi connectivity index (χ1v) is 8.70. The van der Waals surface area contributed by atoms with Crippen LogP contribution in [0.2, 0.25) is 0 Å². The Morgan fingerprint density at radius 1 is 1.07 bits per heavy atom. The number of primary amides is 1. The summed E-state index contributed by atoms with van der Waals surface area (Å²) >= 11 is 0. The third-order valence-electron chi connectivity index (χ3n) is 3.85. The second kappa shape index (κ2) is 8.81. The molecule has 0 aliphatic carbocycles. The second-order valence-corrected chi connectivity index (χ2v) is 6.19. The van der Waals surface area contributed by atoms with Crippen molar-refractivity contribution in [3.05, 3.63) is 60.0 Å². The van der Waals surface area contributed by atoms with Crippen molar-refractivity contribution in [2.75, 3.05) is 11.9 Å². The van der Waals surface area contributed by atoms with E-state index in [2.05, 4.69) is 15.5 Å². The minimum atomic E-state index is -0.552. The second-order valence-electron chi connectivity index (χ2n) is 6.19. The van der Waals surface area contributed by atoms with Gasteiger partial charge in [0, 0.05) is 24.1 Å². The Labute approximate surface area is 161 Å². The molecule has 1 heterocycles. The van der Waals surface area contributed by atoms with E-state index in [0.717, 1.165) is 11.1 Å². The number of nitrogens with two attached hydrogens (primary N) is 1. The van der Waals surface area contributed by atoms with Gasteiger partial charge in [0.15, 0.2) is 6.61 Å². The molecule has 0 aliphatic rings. The summed E-state index contributed by atoms with van der Waals surface area (Å²) in [5, 5.41) is 10.8. The van der Waals surface area contributed by atoms with Crippen LogP contribution in [0, 0.1) is 6.92 Å². The molecule has 0 aliphatic heterocycles. The molecule has 2 amide bonds. The Balaban J connectivity index is 1.49. The van der Waals surface area contributed by atoms with Gasteiger partial charge in [0.2, 0.25) is 17.7 Å². The van der Waals surface area contributed by atoms with Gasteiger partial charge in [-0.05, 0) is 43.3 Å². The van der Waals surface area contributed by atoms with Crippen LogP contribution < -0.4 is 15.8 Å². The SMILES string of the molecule is Cc1ccc(-c2nnc(CCC(=O)Nc3ccc(OCC(N)=O)cc3)o2)cc1. The van der Waals surface area contributed by atoms with E-state index < -0.39 is 5.91 Å². The molecular weight excluding hydrogens is 360 g/mol. The van der Waals surface area contributed by atoms with E-state index in [0.29, 0.717) is 29.6 Å². The Hall–Kier alpha value is -3.68. The van der Waals surface area contributed by atoms with Gasteiger partial charge >= 0.3 is 0 Å². The summed E-state index contributed by atoms with van der Waals surface area (Å²) in [6.07, 6.45) is 0.542. The number of nitrogens with zero attached hydrogens (tertiary/aromatic N) is 2. The summed E-state index contributed by atoms with van der Waals surface area (Å²) in [5.41, 5.74) is 7.62. The van der Waals surface area contributed by atoms with Crippen LogP contribution in [-0.2, 0) is 16.0 Å². The number of nitrogens with one attached hydrogen (secondary N) is 1. The summed E-state index contributed by atoms with van der Waals surface area (Å²) in [6, 6.07) is 14.4. The van der Waals surface area contributed by atoms with E-state index >= 15 is 0 Å². The number of carbonyl (C=O) groups is 2. The van der Waals surface area contributed by atoms with Crippen molar-refractivity contribution < 1.29 is 18.7 Å². The maximum absolute atomic E-state index is 12.1. The van der Waals surface area contributed by atoms with Crippen molar-refractivity contribution in [3.63, 3.8) is 0 Å². The molecule has 3 aromatic rings. The average Bonchev–Trinajstić information content (AvgIpc) is 3.15. The summed E-state index contributed by atoms with van der Waals surface area (Å²) in [7, 11) is 0. The Kier molecular flexibility index (Phi) is 6.01. The quantitative estimate of drug-likeness (QED) is 0.619. The zero-order valence-corrected chi connectivity index (χ0v) is 15.3. The van der Waals surface area contributed by atoms with Gasteiger partial charge in [-0.2, -0.15) is 0 Å². The number of aromatic nitrogens is 2. The maximum atomic E-state index is 12.1. The molecule has 28 heavy (non-hydrogen) atoms. The van der Waals surface area contributed by atoms with Crippen LogP contribution in [0.5, 0.6) is 5.75 Å². The Bertz CT molecular complexity index is 949. The van der Waals surface area contributed by atoms with Crippen LogP contribution in [0.15, 0.2) is 52.9 Å². The standard InChI is InChI=1S/C20H20N4O4/c1-13-2-4-14(5-3-13)20-24-23-19(28-20)11-10-18(26)22-15-6-8-16(9-7-15)27-12-17(21)25/h2-9H,10-12H2,1H3,(H2,21,25)(H,22,26). The predicted octanol–water partition coefficient (Wildman–Crippen LogP) is 2.48. The molecule has 3 rings (SSSR count). The van der Waals surface area contributed by atoms with Gasteiger partial charge in [-0.1, -0.05) is 17.7 Å². The predicted molar refractivity (Wildman–Crippen MR) is 103 cm³/mol. The lowest BCUT2D eigenvalue weighted by Gasteiger charge is -2.06. The van der Waals surface area contributed by atoms with Gasteiger partial charge in [-0.25, -0.2) is 0 Å². The highest BCUT2D eigenvalue weighted by atomic mass is 16.5. The molecule has 0 saturated heterocycles. The molecule has 0 atom stereocenters. The number of rotatable bonds is 8. The first kappa shape index (κ1) is 19.1. The molecule has 3 N–H and O–H groups in total.